The Labute approximate surface area is 92.6 Å². The summed E-state index contributed by atoms with van der Waals surface area (Å²) in [5, 5.41) is 0. The van der Waals surface area contributed by atoms with E-state index < -0.39 is 0 Å². The third kappa shape index (κ3) is 1.44. The average molecular weight is 214 g/mol. The van der Waals surface area contributed by atoms with Crippen molar-refractivity contribution in [3.63, 3.8) is 0 Å². The highest BCUT2D eigenvalue weighted by Crippen LogP contribution is 2.35. The van der Waals surface area contributed by atoms with Crippen molar-refractivity contribution >= 4 is 5.69 Å². The SMILES string of the molecule is Nc1ccc(-c2ccc3c(c2)OCO3)nc1. The Bertz CT molecular complexity index is 523. The van der Waals surface area contributed by atoms with Crippen LogP contribution in [0, 0.1) is 0 Å². The molecule has 3 rings (SSSR count). The summed E-state index contributed by atoms with van der Waals surface area (Å²) >= 11 is 0. The van der Waals surface area contributed by atoms with Gasteiger partial charge in [0.1, 0.15) is 0 Å². The lowest BCUT2D eigenvalue weighted by atomic mass is 10.1. The smallest absolute Gasteiger partial charge is 0.231 e. The minimum atomic E-state index is 0.286. The fourth-order valence-electron chi connectivity index (χ4n) is 1.63. The number of hydrogen-bond donors (Lipinski definition) is 1. The number of hydrogen-bond acceptors (Lipinski definition) is 4. The summed E-state index contributed by atoms with van der Waals surface area (Å²) in [5.41, 5.74) is 8.10. The summed E-state index contributed by atoms with van der Waals surface area (Å²) in [6.45, 7) is 0.286. The number of nitrogen functional groups attached to an aromatic ring is 1. The second-order valence-electron chi connectivity index (χ2n) is 3.54. The van der Waals surface area contributed by atoms with Crippen molar-refractivity contribution in [3.8, 4) is 22.8 Å². The van der Waals surface area contributed by atoms with Crippen molar-refractivity contribution in [1.82, 2.24) is 4.98 Å². The van der Waals surface area contributed by atoms with Crippen LogP contribution >= 0.6 is 0 Å². The number of benzene rings is 1. The maximum atomic E-state index is 5.59. The molecule has 80 valence electrons. The van der Waals surface area contributed by atoms with E-state index in [-0.39, 0.29) is 6.79 Å². The highest BCUT2D eigenvalue weighted by molar-refractivity contribution is 5.65. The van der Waals surface area contributed by atoms with E-state index in [1.165, 1.54) is 0 Å². The molecule has 4 heteroatoms. The molecule has 2 N–H and O–H groups in total. The summed E-state index contributed by atoms with van der Waals surface area (Å²) in [7, 11) is 0. The summed E-state index contributed by atoms with van der Waals surface area (Å²) in [5.74, 6) is 1.54. The van der Waals surface area contributed by atoms with Crippen LogP contribution in [0.3, 0.4) is 0 Å². The zero-order valence-corrected chi connectivity index (χ0v) is 8.51. The molecule has 16 heavy (non-hydrogen) atoms. The van der Waals surface area contributed by atoms with Crippen LogP contribution in [0.2, 0.25) is 0 Å². The molecule has 0 aliphatic carbocycles. The molecule has 0 saturated heterocycles. The first-order valence-electron chi connectivity index (χ1n) is 4.94. The number of nitrogens with two attached hydrogens (primary N) is 1. The lowest BCUT2D eigenvalue weighted by Gasteiger charge is -2.02. The lowest BCUT2D eigenvalue weighted by Crippen LogP contribution is -1.92. The Hall–Kier alpha value is -2.23. The predicted molar refractivity (Wildman–Crippen MR) is 60.2 cm³/mol. The number of fused-ring (bicyclic) bond motifs is 1. The summed E-state index contributed by atoms with van der Waals surface area (Å²) in [6.07, 6.45) is 1.64. The van der Waals surface area contributed by atoms with Gasteiger partial charge in [-0.3, -0.25) is 4.98 Å². The second-order valence-corrected chi connectivity index (χ2v) is 3.54. The van der Waals surface area contributed by atoms with E-state index >= 15 is 0 Å². The molecule has 1 aliphatic heterocycles. The number of anilines is 1. The van der Waals surface area contributed by atoms with E-state index in [1.54, 1.807) is 6.20 Å². The fourth-order valence-corrected chi connectivity index (χ4v) is 1.63. The minimum absolute atomic E-state index is 0.286. The first-order chi connectivity index (χ1) is 7.83. The zero-order chi connectivity index (χ0) is 11.0. The Morgan fingerprint density at radius 3 is 2.75 bits per heavy atom. The molecule has 1 aliphatic rings. The monoisotopic (exact) mass is 214 g/mol. The molecule has 2 aromatic rings. The van der Waals surface area contributed by atoms with Gasteiger partial charge in [-0.05, 0) is 30.3 Å². The largest absolute Gasteiger partial charge is 0.454 e. The van der Waals surface area contributed by atoms with Gasteiger partial charge in [-0.1, -0.05) is 0 Å². The molecule has 0 amide bonds. The average Bonchev–Trinajstić information content (AvgIpc) is 2.77. The van der Waals surface area contributed by atoms with Gasteiger partial charge >= 0.3 is 0 Å². The fraction of sp³-hybridized carbons (Fsp3) is 0.0833. The van der Waals surface area contributed by atoms with Crippen LogP contribution < -0.4 is 15.2 Å². The van der Waals surface area contributed by atoms with E-state index in [2.05, 4.69) is 4.98 Å². The van der Waals surface area contributed by atoms with Gasteiger partial charge in [0.25, 0.3) is 0 Å². The van der Waals surface area contributed by atoms with Crippen molar-refractivity contribution in [2.75, 3.05) is 12.5 Å². The van der Waals surface area contributed by atoms with Crippen molar-refractivity contribution in [1.29, 1.82) is 0 Å². The molecule has 0 saturated carbocycles. The zero-order valence-electron chi connectivity index (χ0n) is 8.51. The summed E-state index contributed by atoms with van der Waals surface area (Å²) in [6, 6.07) is 9.46. The van der Waals surface area contributed by atoms with Crippen LogP contribution in [0.4, 0.5) is 5.69 Å². The van der Waals surface area contributed by atoms with Gasteiger partial charge in [0.05, 0.1) is 17.6 Å². The van der Waals surface area contributed by atoms with Gasteiger partial charge in [0.2, 0.25) is 6.79 Å². The van der Waals surface area contributed by atoms with E-state index in [1.807, 2.05) is 30.3 Å². The maximum Gasteiger partial charge on any atom is 0.231 e. The Kier molecular flexibility index (Phi) is 1.93. The second kappa shape index (κ2) is 3.41. The first kappa shape index (κ1) is 9.03. The normalized spacial score (nSPS) is 12.8. The van der Waals surface area contributed by atoms with Crippen LogP contribution in [0.5, 0.6) is 11.5 Å². The highest BCUT2D eigenvalue weighted by atomic mass is 16.7. The first-order valence-corrected chi connectivity index (χ1v) is 4.94. The Balaban J connectivity index is 2.03. The molecular formula is C12H10N2O2. The lowest BCUT2D eigenvalue weighted by molar-refractivity contribution is 0.174. The topological polar surface area (TPSA) is 57.4 Å². The van der Waals surface area contributed by atoms with Gasteiger partial charge < -0.3 is 15.2 Å². The van der Waals surface area contributed by atoms with Crippen LogP contribution in [-0.4, -0.2) is 11.8 Å². The van der Waals surface area contributed by atoms with E-state index in [0.29, 0.717) is 5.69 Å². The molecule has 0 spiro atoms. The van der Waals surface area contributed by atoms with Crippen LogP contribution in [0.15, 0.2) is 36.5 Å². The number of aromatic nitrogens is 1. The molecule has 0 atom stereocenters. The van der Waals surface area contributed by atoms with Crippen molar-refractivity contribution in [3.05, 3.63) is 36.5 Å². The third-order valence-corrected chi connectivity index (χ3v) is 2.45. The Morgan fingerprint density at radius 2 is 1.94 bits per heavy atom. The maximum absolute atomic E-state index is 5.59. The van der Waals surface area contributed by atoms with E-state index in [4.69, 9.17) is 15.2 Å². The van der Waals surface area contributed by atoms with Crippen LogP contribution in [0.1, 0.15) is 0 Å². The van der Waals surface area contributed by atoms with Crippen molar-refractivity contribution in [2.24, 2.45) is 0 Å². The molecule has 2 heterocycles. The summed E-state index contributed by atoms with van der Waals surface area (Å²) in [4.78, 5) is 4.25. The van der Waals surface area contributed by atoms with Gasteiger partial charge in [-0.15, -0.1) is 0 Å². The van der Waals surface area contributed by atoms with Crippen molar-refractivity contribution in [2.45, 2.75) is 0 Å². The number of rotatable bonds is 1. The Morgan fingerprint density at radius 1 is 1.06 bits per heavy atom. The standard InChI is InChI=1S/C12H10N2O2/c13-9-2-3-10(14-6-9)8-1-4-11-12(5-8)16-7-15-11/h1-6H,7,13H2. The molecule has 4 nitrogen and oxygen atoms in total. The molecule has 0 radical (unpaired) electrons. The molecule has 1 aromatic carbocycles. The number of nitrogens with zero attached hydrogens (tertiary/aromatic N) is 1. The minimum Gasteiger partial charge on any atom is -0.454 e. The van der Waals surface area contributed by atoms with Gasteiger partial charge in [-0.2, -0.15) is 0 Å². The van der Waals surface area contributed by atoms with Gasteiger partial charge in [0.15, 0.2) is 11.5 Å². The molecule has 1 aromatic heterocycles. The van der Waals surface area contributed by atoms with Gasteiger partial charge in [0, 0.05) is 5.56 Å². The molecular weight excluding hydrogens is 204 g/mol. The van der Waals surface area contributed by atoms with E-state index in [9.17, 15) is 0 Å². The van der Waals surface area contributed by atoms with Gasteiger partial charge in [-0.25, -0.2) is 0 Å². The molecule has 0 bridgehead atoms. The predicted octanol–water partition coefficient (Wildman–Crippen LogP) is 2.06. The number of pyridine rings is 1. The van der Waals surface area contributed by atoms with Crippen LogP contribution in [-0.2, 0) is 0 Å². The van der Waals surface area contributed by atoms with Crippen molar-refractivity contribution < 1.29 is 9.47 Å². The third-order valence-electron chi connectivity index (χ3n) is 2.45. The highest BCUT2D eigenvalue weighted by Gasteiger charge is 2.13. The quantitative estimate of drug-likeness (QED) is 0.789. The van der Waals surface area contributed by atoms with E-state index in [0.717, 1.165) is 22.8 Å². The number of ether oxygens (including phenoxy) is 2. The van der Waals surface area contributed by atoms with Crippen LogP contribution in [0.25, 0.3) is 11.3 Å². The molecule has 0 unspecified atom stereocenters. The summed E-state index contributed by atoms with van der Waals surface area (Å²) < 4.78 is 10.6. The molecule has 0 fully saturated rings.